The molecule has 0 aromatic carbocycles. The molecule has 94 valence electrons. The first-order valence-corrected chi connectivity index (χ1v) is 6.06. The molecular weight excluding hydrogens is 238 g/mol. The number of nitrogens with two attached hydrogens (primary N) is 1. The number of aromatic nitrogens is 2. The van der Waals surface area contributed by atoms with Crippen LogP contribution in [0.25, 0.3) is 0 Å². The molecular formula is C11H18ClN5. The van der Waals surface area contributed by atoms with E-state index in [0.717, 1.165) is 18.9 Å². The van der Waals surface area contributed by atoms with E-state index in [1.54, 1.807) is 0 Å². The molecule has 5 nitrogen and oxygen atoms in total. The smallest absolute Gasteiger partial charge is 0.153 e. The Hall–Kier alpha value is -1.07. The minimum atomic E-state index is 0.345. The van der Waals surface area contributed by atoms with Gasteiger partial charge in [-0.1, -0.05) is 18.5 Å². The molecule has 2 rings (SSSR count). The summed E-state index contributed by atoms with van der Waals surface area (Å²) in [4.78, 5) is 12.5. The maximum absolute atomic E-state index is 6.14. The summed E-state index contributed by atoms with van der Waals surface area (Å²) in [5, 5.41) is 0.458. The van der Waals surface area contributed by atoms with Crippen molar-refractivity contribution in [2.24, 2.45) is 5.92 Å². The van der Waals surface area contributed by atoms with Crippen molar-refractivity contribution >= 4 is 23.2 Å². The second-order valence-electron chi connectivity index (χ2n) is 4.81. The van der Waals surface area contributed by atoms with Crippen LogP contribution in [-0.4, -0.2) is 48.1 Å². The first-order valence-electron chi connectivity index (χ1n) is 5.68. The quantitative estimate of drug-likeness (QED) is 0.858. The summed E-state index contributed by atoms with van der Waals surface area (Å²) in [5.41, 5.74) is 5.70. The molecule has 1 aromatic rings. The summed E-state index contributed by atoms with van der Waals surface area (Å²) in [6.07, 6.45) is 1.46. The van der Waals surface area contributed by atoms with Crippen molar-refractivity contribution in [3.8, 4) is 0 Å². The minimum Gasteiger partial charge on any atom is -0.382 e. The Kier molecular flexibility index (Phi) is 3.40. The molecule has 2 unspecified atom stereocenters. The molecule has 0 amide bonds. The van der Waals surface area contributed by atoms with Crippen LogP contribution in [0.1, 0.15) is 6.92 Å². The Morgan fingerprint density at radius 2 is 2.12 bits per heavy atom. The van der Waals surface area contributed by atoms with Gasteiger partial charge in [-0.2, -0.15) is 0 Å². The van der Waals surface area contributed by atoms with E-state index in [1.807, 2.05) is 0 Å². The van der Waals surface area contributed by atoms with E-state index in [0.29, 0.717) is 22.8 Å². The predicted octanol–water partition coefficient (Wildman–Crippen LogP) is 1.10. The van der Waals surface area contributed by atoms with Crippen molar-refractivity contribution in [3.05, 3.63) is 11.3 Å². The van der Waals surface area contributed by atoms with Crippen molar-refractivity contribution < 1.29 is 0 Å². The van der Waals surface area contributed by atoms with Crippen LogP contribution in [0.5, 0.6) is 0 Å². The molecule has 0 aliphatic carbocycles. The highest BCUT2D eigenvalue weighted by atomic mass is 35.5. The molecule has 1 aromatic heterocycles. The molecule has 17 heavy (non-hydrogen) atoms. The maximum atomic E-state index is 6.14. The lowest BCUT2D eigenvalue weighted by atomic mass is 10.1. The molecule has 2 atom stereocenters. The SMILES string of the molecule is CC1CN(c2ncnc(N)c2Cl)CC1N(C)C. The number of nitrogens with zero attached hydrogens (tertiary/aromatic N) is 4. The first kappa shape index (κ1) is 12.4. The van der Waals surface area contributed by atoms with Gasteiger partial charge in [0.1, 0.15) is 17.2 Å². The standard InChI is InChI=1S/C11H18ClN5/c1-7-4-17(5-8(7)16(2)3)11-9(12)10(13)14-6-15-11/h6-8H,4-5H2,1-3H3,(H2,13,14,15). The van der Waals surface area contributed by atoms with Gasteiger partial charge in [0.25, 0.3) is 0 Å². The molecule has 0 spiro atoms. The van der Waals surface area contributed by atoms with E-state index < -0.39 is 0 Å². The largest absolute Gasteiger partial charge is 0.382 e. The fraction of sp³-hybridized carbons (Fsp3) is 0.636. The fourth-order valence-electron chi connectivity index (χ4n) is 2.39. The summed E-state index contributed by atoms with van der Waals surface area (Å²) in [6.45, 7) is 4.10. The molecule has 0 bridgehead atoms. The Labute approximate surface area is 107 Å². The average molecular weight is 256 g/mol. The number of nitrogen functional groups attached to an aromatic ring is 1. The third-order valence-corrected chi connectivity index (χ3v) is 3.70. The van der Waals surface area contributed by atoms with E-state index in [2.05, 4.69) is 40.8 Å². The Bertz CT molecular complexity index is 409. The zero-order valence-corrected chi connectivity index (χ0v) is 11.1. The molecule has 1 aliphatic rings. The van der Waals surface area contributed by atoms with Crippen molar-refractivity contribution in [2.75, 3.05) is 37.8 Å². The highest BCUT2D eigenvalue weighted by Crippen LogP contribution is 2.31. The van der Waals surface area contributed by atoms with Gasteiger partial charge >= 0.3 is 0 Å². The van der Waals surface area contributed by atoms with E-state index in [1.165, 1.54) is 6.33 Å². The van der Waals surface area contributed by atoms with Crippen LogP contribution in [0.4, 0.5) is 11.6 Å². The second-order valence-corrected chi connectivity index (χ2v) is 5.19. The van der Waals surface area contributed by atoms with Crippen molar-refractivity contribution in [3.63, 3.8) is 0 Å². The first-order chi connectivity index (χ1) is 8.00. The Morgan fingerprint density at radius 3 is 2.71 bits per heavy atom. The normalized spacial score (nSPS) is 24.6. The van der Waals surface area contributed by atoms with Gasteiger partial charge in [0, 0.05) is 19.1 Å². The lowest BCUT2D eigenvalue weighted by Crippen LogP contribution is -2.34. The van der Waals surface area contributed by atoms with Crippen LogP contribution >= 0.6 is 11.6 Å². The topological polar surface area (TPSA) is 58.3 Å². The van der Waals surface area contributed by atoms with Crippen molar-refractivity contribution in [1.29, 1.82) is 0 Å². The van der Waals surface area contributed by atoms with Crippen LogP contribution in [0, 0.1) is 5.92 Å². The van der Waals surface area contributed by atoms with Gasteiger partial charge in [0.05, 0.1) is 0 Å². The fourth-order valence-corrected chi connectivity index (χ4v) is 2.61. The molecule has 1 aliphatic heterocycles. The van der Waals surface area contributed by atoms with Gasteiger partial charge in [0.2, 0.25) is 0 Å². The molecule has 1 saturated heterocycles. The number of rotatable bonds is 2. The lowest BCUT2D eigenvalue weighted by Gasteiger charge is -2.22. The van der Waals surface area contributed by atoms with Gasteiger partial charge in [-0.15, -0.1) is 0 Å². The van der Waals surface area contributed by atoms with Crippen LogP contribution < -0.4 is 10.6 Å². The van der Waals surface area contributed by atoms with E-state index in [-0.39, 0.29) is 0 Å². The number of anilines is 2. The summed E-state index contributed by atoms with van der Waals surface area (Å²) < 4.78 is 0. The Morgan fingerprint density at radius 1 is 1.41 bits per heavy atom. The second kappa shape index (κ2) is 4.66. The average Bonchev–Trinajstić information content (AvgIpc) is 2.64. The predicted molar refractivity (Wildman–Crippen MR) is 70.3 cm³/mol. The molecule has 2 heterocycles. The number of hydrogen-bond acceptors (Lipinski definition) is 5. The van der Waals surface area contributed by atoms with Gasteiger partial charge in [-0.25, -0.2) is 9.97 Å². The highest BCUT2D eigenvalue weighted by Gasteiger charge is 2.32. The maximum Gasteiger partial charge on any atom is 0.153 e. The van der Waals surface area contributed by atoms with Crippen LogP contribution in [0.3, 0.4) is 0 Å². The Balaban J connectivity index is 2.23. The summed E-state index contributed by atoms with van der Waals surface area (Å²) in [6, 6.07) is 0.516. The van der Waals surface area contributed by atoms with Gasteiger partial charge in [-0.05, 0) is 20.0 Å². The van der Waals surface area contributed by atoms with E-state index in [4.69, 9.17) is 17.3 Å². The number of likely N-dealkylation sites (N-methyl/N-ethyl adjacent to an activating group) is 1. The summed E-state index contributed by atoms with van der Waals surface area (Å²) in [7, 11) is 4.20. The van der Waals surface area contributed by atoms with Gasteiger partial charge in [-0.3, -0.25) is 0 Å². The van der Waals surface area contributed by atoms with Crippen LogP contribution in [-0.2, 0) is 0 Å². The molecule has 2 N–H and O–H groups in total. The van der Waals surface area contributed by atoms with Crippen molar-refractivity contribution in [1.82, 2.24) is 14.9 Å². The van der Waals surface area contributed by atoms with Crippen molar-refractivity contribution in [2.45, 2.75) is 13.0 Å². The number of hydrogen-bond donors (Lipinski definition) is 1. The number of halogens is 1. The molecule has 1 fully saturated rings. The van der Waals surface area contributed by atoms with Crippen LogP contribution in [0.15, 0.2) is 6.33 Å². The molecule has 0 saturated carbocycles. The van der Waals surface area contributed by atoms with E-state index in [9.17, 15) is 0 Å². The molecule has 0 radical (unpaired) electrons. The van der Waals surface area contributed by atoms with Crippen LogP contribution in [0.2, 0.25) is 5.02 Å². The summed E-state index contributed by atoms with van der Waals surface area (Å²) >= 11 is 6.14. The monoisotopic (exact) mass is 255 g/mol. The molecule has 6 heteroatoms. The zero-order valence-electron chi connectivity index (χ0n) is 10.4. The third-order valence-electron chi connectivity index (χ3n) is 3.33. The van der Waals surface area contributed by atoms with Gasteiger partial charge < -0.3 is 15.5 Å². The summed E-state index contributed by atoms with van der Waals surface area (Å²) in [5.74, 6) is 1.67. The minimum absolute atomic E-state index is 0.345. The zero-order chi connectivity index (χ0) is 12.6. The third kappa shape index (κ3) is 2.30. The highest BCUT2D eigenvalue weighted by molar-refractivity contribution is 6.35. The van der Waals surface area contributed by atoms with E-state index >= 15 is 0 Å². The lowest BCUT2D eigenvalue weighted by molar-refractivity contribution is 0.266. The van der Waals surface area contributed by atoms with Gasteiger partial charge in [0.15, 0.2) is 5.82 Å².